The first-order valence-corrected chi connectivity index (χ1v) is 9.77. The standard InChI is InChI=1S/C22H40O3/c1-8-18(2)14-16-25-21(23)17-20(4)12-9-11-19(3)13-10-15-22(5,6)24-7/h9,12,17-19H,8,10-11,13-16H2,1-7H3. The second kappa shape index (κ2) is 13.2. The molecule has 0 aromatic rings. The summed E-state index contributed by atoms with van der Waals surface area (Å²) in [6.45, 7) is 13.3. The van der Waals surface area contributed by atoms with Crippen LogP contribution in [0.3, 0.4) is 0 Å². The van der Waals surface area contributed by atoms with Crippen LogP contribution in [0.4, 0.5) is 0 Å². The van der Waals surface area contributed by atoms with Gasteiger partial charge in [0.15, 0.2) is 0 Å². The summed E-state index contributed by atoms with van der Waals surface area (Å²) in [4.78, 5) is 11.7. The SMILES string of the molecule is CCC(C)CCOC(=O)C=C(C)C=CCC(C)CCCC(C)(C)OC. The molecule has 25 heavy (non-hydrogen) atoms. The van der Waals surface area contributed by atoms with Crippen molar-refractivity contribution in [2.45, 2.75) is 85.7 Å². The van der Waals surface area contributed by atoms with Crippen LogP contribution in [0.1, 0.15) is 80.1 Å². The second-order valence-corrected chi connectivity index (χ2v) is 7.96. The fraction of sp³-hybridized carbons (Fsp3) is 0.773. The number of methoxy groups -OCH3 is 1. The van der Waals surface area contributed by atoms with Gasteiger partial charge < -0.3 is 9.47 Å². The van der Waals surface area contributed by atoms with Gasteiger partial charge in [0.25, 0.3) is 0 Å². The Morgan fingerprint density at radius 1 is 1.16 bits per heavy atom. The van der Waals surface area contributed by atoms with Gasteiger partial charge in [-0.2, -0.15) is 0 Å². The first-order valence-electron chi connectivity index (χ1n) is 9.77. The van der Waals surface area contributed by atoms with Crippen LogP contribution in [0, 0.1) is 11.8 Å². The van der Waals surface area contributed by atoms with E-state index >= 15 is 0 Å². The number of ether oxygens (including phenoxy) is 2. The highest BCUT2D eigenvalue weighted by Crippen LogP contribution is 2.20. The van der Waals surface area contributed by atoms with E-state index in [4.69, 9.17) is 9.47 Å². The molecule has 0 radical (unpaired) electrons. The zero-order valence-corrected chi connectivity index (χ0v) is 17.6. The van der Waals surface area contributed by atoms with Crippen LogP contribution in [0.5, 0.6) is 0 Å². The Balaban J connectivity index is 4.03. The van der Waals surface area contributed by atoms with Crippen molar-refractivity contribution in [1.29, 1.82) is 0 Å². The maximum Gasteiger partial charge on any atom is 0.331 e. The highest BCUT2D eigenvalue weighted by atomic mass is 16.5. The van der Waals surface area contributed by atoms with Crippen molar-refractivity contribution in [2.75, 3.05) is 13.7 Å². The average Bonchev–Trinajstić information content (AvgIpc) is 2.54. The average molecular weight is 353 g/mol. The number of hydrogen-bond acceptors (Lipinski definition) is 3. The molecule has 0 rings (SSSR count). The Hall–Kier alpha value is -1.09. The van der Waals surface area contributed by atoms with Gasteiger partial charge in [-0.3, -0.25) is 0 Å². The molecule has 0 heterocycles. The quantitative estimate of drug-likeness (QED) is 0.228. The Morgan fingerprint density at radius 3 is 2.44 bits per heavy atom. The summed E-state index contributed by atoms with van der Waals surface area (Å²) in [6.07, 6.45) is 12.3. The highest BCUT2D eigenvalue weighted by Gasteiger charge is 2.15. The van der Waals surface area contributed by atoms with Gasteiger partial charge >= 0.3 is 5.97 Å². The number of rotatable bonds is 13. The van der Waals surface area contributed by atoms with E-state index in [2.05, 4.69) is 40.7 Å². The van der Waals surface area contributed by atoms with E-state index in [-0.39, 0.29) is 11.6 Å². The van der Waals surface area contributed by atoms with Crippen molar-refractivity contribution in [2.24, 2.45) is 11.8 Å². The molecule has 0 saturated heterocycles. The molecule has 0 aromatic carbocycles. The molecule has 0 aliphatic carbocycles. The third kappa shape index (κ3) is 13.8. The summed E-state index contributed by atoms with van der Waals surface area (Å²) in [5, 5.41) is 0. The van der Waals surface area contributed by atoms with E-state index < -0.39 is 0 Å². The molecule has 0 saturated carbocycles. The van der Waals surface area contributed by atoms with Gasteiger partial charge in [-0.25, -0.2) is 4.79 Å². The van der Waals surface area contributed by atoms with Gasteiger partial charge in [0.1, 0.15) is 0 Å². The maximum absolute atomic E-state index is 11.7. The van der Waals surface area contributed by atoms with Crippen molar-refractivity contribution >= 4 is 5.97 Å². The molecular weight excluding hydrogens is 312 g/mol. The van der Waals surface area contributed by atoms with Crippen molar-refractivity contribution in [3.63, 3.8) is 0 Å². The number of hydrogen-bond donors (Lipinski definition) is 0. The van der Waals surface area contributed by atoms with Crippen LogP contribution in [0.25, 0.3) is 0 Å². The Labute approximate surface area is 155 Å². The molecule has 0 aliphatic rings. The molecule has 0 spiro atoms. The number of esters is 1. The van der Waals surface area contributed by atoms with Gasteiger partial charge in [0.2, 0.25) is 0 Å². The fourth-order valence-electron chi connectivity index (χ4n) is 2.42. The Bertz CT molecular complexity index is 421. The minimum Gasteiger partial charge on any atom is -0.463 e. The molecule has 3 heteroatoms. The Morgan fingerprint density at radius 2 is 1.84 bits per heavy atom. The summed E-state index contributed by atoms with van der Waals surface area (Å²) in [7, 11) is 1.77. The molecule has 0 aliphatic heterocycles. The van der Waals surface area contributed by atoms with Crippen molar-refractivity contribution in [3.05, 3.63) is 23.8 Å². The second-order valence-electron chi connectivity index (χ2n) is 7.96. The third-order valence-corrected chi connectivity index (χ3v) is 4.84. The monoisotopic (exact) mass is 352 g/mol. The van der Waals surface area contributed by atoms with Gasteiger partial charge in [0.05, 0.1) is 12.2 Å². The molecule has 0 bridgehead atoms. The highest BCUT2D eigenvalue weighted by molar-refractivity contribution is 5.83. The molecule has 2 atom stereocenters. The lowest BCUT2D eigenvalue weighted by atomic mass is 9.95. The zero-order valence-electron chi connectivity index (χ0n) is 17.6. The van der Waals surface area contributed by atoms with E-state index in [1.807, 2.05) is 13.0 Å². The van der Waals surface area contributed by atoms with E-state index in [0.717, 1.165) is 31.3 Å². The summed E-state index contributed by atoms with van der Waals surface area (Å²) < 4.78 is 10.7. The summed E-state index contributed by atoms with van der Waals surface area (Å²) >= 11 is 0. The van der Waals surface area contributed by atoms with E-state index in [1.54, 1.807) is 13.2 Å². The van der Waals surface area contributed by atoms with Crippen LogP contribution >= 0.6 is 0 Å². The number of allylic oxidation sites excluding steroid dienone is 3. The molecule has 0 amide bonds. The summed E-state index contributed by atoms with van der Waals surface area (Å²) in [5.41, 5.74) is 0.922. The molecule has 0 aromatic heterocycles. The van der Waals surface area contributed by atoms with E-state index in [9.17, 15) is 4.79 Å². The molecule has 0 fully saturated rings. The lowest BCUT2D eigenvalue weighted by molar-refractivity contribution is -0.138. The minimum atomic E-state index is -0.236. The molecule has 0 N–H and O–H groups in total. The summed E-state index contributed by atoms with van der Waals surface area (Å²) in [6, 6.07) is 0. The van der Waals surface area contributed by atoms with Crippen LogP contribution in [-0.4, -0.2) is 25.3 Å². The Kier molecular flexibility index (Phi) is 12.6. The van der Waals surface area contributed by atoms with Gasteiger partial charge in [0, 0.05) is 13.2 Å². The fourth-order valence-corrected chi connectivity index (χ4v) is 2.42. The topological polar surface area (TPSA) is 35.5 Å². The van der Waals surface area contributed by atoms with Crippen molar-refractivity contribution in [3.8, 4) is 0 Å². The van der Waals surface area contributed by atoms with Crippen molar-refractivity contribution < 1.29 is 14.3 Å². The minimum absolute atomic E-state index is 0.0236. The number of carbonyl (C=O) groups is 1. The van der Waals surface area contributed by atoms with Crippen LogP contribution in [-0.2, 0) is 14.3 Å². The third-order valence-electron chi connectivity index (χ3n) is 4.84. The molecular formula is C22H40O3. The van der Waals surface area contributed by atoms with Gasteiger partial charge in [-0.15, -0.1) is 0 Å². The first-order chi connectivity index (χ1) is 11.7. The lowest BCUT2D eigenvalue weighted by Gasteiger charge is -2.23. The summed E-state index contributed by atoms with van der Waals surface area (Å²) in [5.74, 6) is 1.01. The van der Waals surface area contributed by atoms with Gasteiger partial charge in [-0.05, 0) is 57.4 Å². The van der Waals surface area contributed by atoms with E-state index in [1.165, 1.54) is 12.8 Å². The molecule has 146 valence electrons. The van der Waals surface area contributed by atoms with Crippen LogP contribution in [0.2, 0.25) is 0 Å². The van der Waals surface area contributed by atoms with E-state index in [0.29, 0.717) is 18.4 Å². The smallest absolute Gasteiger partial charge is 0.331 e. The van der Waals surface area contributed by atoms with Crippen molar-refractivity contribution in [1.82, 2.24) is 0 Å². The largest absolute Gasteiger partial charge is 0.463 e. The maximum atomic E-state index is 11.7. The normalized spacial score (nSPS) is 15.4. The molecule has 3 nitrogen and oxygen atoms in total. The lowest BCUT2D eigenvalue weighted by Crippen LogP contribution is -2.22. The van der Waals surface area contributed by atoms with Gasteiger partial charge in [-0.1, -0.05) is 52.2 Å². The van der Waals surface area contributed by atoms with Crippen LogP contribution in [0.15, 0.2) is 23.8 Å². The predicted octanol–water partition coefficient (Wildman–Crippen LogP) is 6.09. The zero-order chi connectivity index (χ0) is 19.3. The predicted molar refractivity (Wildman–Crippen MR) is 107 cm³/mol. The van der Waals surface area contributed by atoms with Crippen LogP contribution < -0.4 is 0 Å². The number of carbonyl (C=O) groups excluding carboxylic acids is 1. The first kappa shape index (κ1) is 23.9. The molecule has 2 unspecified atom stereocenters.